The van der Waals surface area contributed by atoms with Gasteiger partial charge in [-0.05, 0) is 24.3 Å². The molecule has 0 unspecified atom stereocenters. The minimum Gasteiger partial charge on any atom is -0.408 e. The van der Waals surface area contributed by atoms with Crippen LogP contribution in [-0.2, 0) is 0 Å². The maximum absolute atomic E-state index is 11.1. The Bertz CT molecular complexity index is 915. The van der Waals surface area contributed by atoms with Gasteiger partial charge in [-0.3, -0.25) is 0 Å². The number of anilines is 1. The van der Waals surface area contributed by atoms with Crippen molar-refractivity contribution in [2.75, 3.05) is 31.1 Å². The normalized spacial score (nSPS) is 14.6. The van der Waals surface area contributed by atoms with E-state index < -0.39 is 6.09 Å². The number of hydrogen-bond acceptors (Lipinski definition) is 5. The van der Waals surface area contributed by atoms with Gasteiger partial charge in [0.1, 0.15) is 11.3 Å². The summed E-state index contributed by atoms with van der Waals surface area (Å²) in [6.45, 7) is 3.95. The molecule has 4 rings (SSSR count). The molecule has 0 saturated carbocycles. The van der Waals surface area contributed by atoms with Gasteiger partial charge >= 0.3 is 6.09 Å². The summed E-state index contributed by atoms with van der Waals surface area (Å²) in [7, 11) is 0. The standard InChI is InChI=1S/C18H19N5O2/c19-18(24)25-15-6-2-5-14-16(15)22-17(21-14)12-3-1-4-13(11-12)23-9-7-20-8-10-23/h1-6,11,20H,7-10H2,(H2,19,24)(H,21,22). The summed E-state index contributed by atoms with van der Waals surface area (Å²) in [6, 6.07) is 13.6. The maximum atomic E-state index is 11.1. The first kappa shape index (κ1) is 15.5. The molecule has 128 valence electrons. The zero-order valence-corrected chi connectivity index (χ0v) is 13.7. The van der Waals surface area contributed by atoms with Crippen molar-refractivity contribution in [3.8, 4) is 17.1 Å². The predicted molar refractivity (Wildman–Crippen MR) is 96.8 cm³/mol. The van der Waals surface area contributed by atoms with Crippen LogP contribution in [0.4, 0.5) is 10.5 Å². The molecule has 0 bridgehead atoms. The van der Waals surface area contributed by atoms with E-state index in [1.165, 1.54) is 5.69 Å². The molecule has 7 heteroatoms. The molecule has 1 saturated heterocycles. The molecule has 1 aliphatic heterocycles. The van der Waals surface area contributed by atoms with Crippen molar-refractivity contribution in [1.29, 1.82) is 0 Å². The lowest BCUT2D eigenvalue weighted by Gasteiger charge is -2.29. The molecule has 3 aromatic rings. The van der Waals surface area contributed by atoms with E-state index in [-0.39, 0.29) is 0 Å². The Labute approximate surface area is 144 Å². The molecular weight excluding hydrogens is 318 g/mol. The van der Waals surface area contributed by atoms with Crippen LogP contribution in [-0.4, -0.2) is 42.2 Å². The van der Waals surface area contributed by atoms with Gasteiger partial charge in [0, 0.05) is 37.4 Å². The van der Waals surface area contributed by atoms with Crippen molar-refractivity contribution in [2.45, 2.75) is 0 Å². The summed E-state index contributed by atoms with van der Waals surface area (Å²) in [5, 5.41) is 3.36. The van der Waals surface area contributed by atoms with E-state index >= 15 is 0 Å². The van der Waals surface area contributed by atoms with Gasteiger partial charge in [0.2, 0.25) is 0 Å². The van der Waals surface area contributed by atoms with Gasteiger partial charge in [-0.2, -0.15) is 0 Å². The van der Waals surface area contributed by atoms with Crippen LogP contribution in [0.5, 0.6) is 5.75 Å². The van der Waals surface area contributed by atoms with Crippen LogP contribution in [0.25, 0.3) is 22.4 Å². The average Bonchev–Trinajstić information content (AvgIpc) is 3.08. The van der Waals surface area contributed by atoms with Crippen LogP contribution in [0.3, 0.4) is 0 Å². The summed E-state index contributed by atoms with van der Waals surface area (Å²) in [5.74, 6) is 1.08. The summed E-state index contributed by atoms with van der Waals surface area (Å²) >= 11 is 0. The fourth-order valence-electron chi connectivity index (χ4n) is 3.11. The zero-order valence-electron chi connectivity index (χ0n) is 13.7. The Morgan fingerprint density at radius 2 is 1.96 bits per heavy atom. The Morgan fingerprint density at radius 3 is 2.76 bits per heavy atom. The van der Waals surface area contributed by atoms with E-state index in [1.807, 2.05) is 18.2 Å². The highest BCUT2D eigenvalue weighted by molar-refractivity contribution is 5.87. The number of nitrogens with two attached hydrogens (primary N) is 1. The fraction of sp³-hybridized carbons (Fsp3) is 0.222. The molecule has 1 aromatic heterocycles. The second kappa shape index (κ2) is 6.45. The van der Waals surface area contributed by atoms with Crippen LogP contribution in [0, 0.1) is 0 Å². The van der Waals surface area contributed by atoms with Gasteiger partial charge in [0.05, 0.1) is 5.52 Å². The summed E-state index contributed by atoms with van der Waals surface area (Å²) in [4.78, 5) is 21.3. The number of primary amides is 1. The number of imidazole rings is 1. The second-order valence-electron chi connectivity index (χ2n) is 5.95. The lowest BCUT2D eigenvalue weighted by atomic mass is 10.1. The molecule has 0 atom stereocenters. The number of para-hydroxylation sites is 1. The van der Waals surface area contributed by atoms with Gasteiger partial charge in [-0.25, -0.2) is 9.78 Å². The number of amides is 1. The number of piperazine rings is 1. The molecule has 1 aliphatic rings. The molecule has 4 N–H and O–H groups in total. The van der Waals surface area contributed by atoms with Gasteiger partial charge in [-0.15, -0.1) is 0 Å². The number of hydrogen-bond donors (Lipinski definition) is 3. The monoisotopic (exact) mass is 337 g/mol. The lowest BCUT2D eigenvalue weighted by Crippen LogP contribution is -2.43. The van der Waals surface area contributed by atoms with Crippen molar-refractivity contribution in [1.82, 2.24) is 15.3 Å². The van der Waals surface area contributed by atoms with E-state index in [0.717, 1.165) is 43.1 Å². The Morgan fingerprint density at radius 1 is 1.16 bits per heavy atom. The largest absolute Gasteiger partial charge is 0.410 e. The zero-order chi connectivity index (χ0) is 17.2. The quantitative estimate of drug-likeness (QED) is 0.680. The number of rotatable bonds is 3. The smallest absolute Gasteiger partial charge is 0.408 e. The Hall–Kier alpha value is -3.06. The third-order valence-electron chi connectivity index (χ3n) is 4.29. The Balaban J connectivity index is 1.71. The van der Waals surface area contributed by atoms with Crippen LogP contribution in [0.15, 0.2) is 42.5 Å². The number of H-pyrrole nitrogens is 1. The molecule has 0 radical (unpaired) electrons. The molecular formula is C18H19N5O2. The van der Waals surface area contributed by atoms with Crippen LogP contribution >= 0.6 is 0 Å². The second-order valence-corrected chi connectivity index (χ2v) is 5.95. The molecule has 0 spiro atoms. The van der Waals surface area contributed by atoms with E-state index in [0.29, 0.717) is 11.3 Å². The van der Waals surface area contributed by atoms with Gasteiger partial charge in [0.25, 0.3) is 0 Å². The molecule has 7 nitrogen and oxygen atoms in total. The number of carbonyl (C=O) groups is 1. The summed E-state index contributed by atoms with van der Waals surface area (Å²) in [6.07, 6.45) is -0.849. The van der Waals surface area contributed by atoms with Crippen molar-refractivity contribution in [3.05, 3.63) is 42.5 Å². The van der Waals surface area contributed by atoms with E-state index in [4.69, 9.17) is 10.5 Å². The van der Waals surface area contributed by atoms with E-state index in [9.17, 15) is 4.79 Å². The van der Waals surface area contributed by atoms with E-state index in [2.05, 4.69) is 32.3 Å². The van der Waals surface area contributed by atoms with Gasteiger partial charge in [0.15, 0.2) is 5.75 Å². The number of aromatic amines is 1. The highest BCUT2D eigenvalue weighted by Crippen LogP contribution is 2.29. The minimum atomic E-state index is -0.849. The van der Waals surface area contributed by atoms with Crippen molar-refractivity contribution in [3.63, 3.8) is 0 Å². The first-order chi connectivity index (χ1) is 12.2. The maximum Gasteiger partial charge on any atom is 0.410 e. The first-order valence-corrected chi connectivity index (χ1v) is 8.23. The summed E-state index contributed by atoms with van der Waals surface area (Å²) in [5.41, 5.74) is 8.66. The third kappa shape index (κ3) is 3.14. The number of nitrogens with one attached hydrogen (secondary N) is 2. The number of nitrogens with zero attached hydrogens (tertiary/aromatic N) is 2. The molecule has 0 aliphatic carbocycles. The number of carbonyl (C=O) groups excluding carboxylic acids is 1. The minimum absolute atomic E-state index is 0.353. The van der Waals surface area contributed by atoms with Gasteiger partial charge in [-0.1, -0.05) is 18.2 Å². The molecule has 1 amide bonds. The predicted octanol–water partition coefficient (Wildman–Crippen LogP) is 2.10. The fourth-order valence-corrected chi connectivity index (χ4v) is 3.11. The van der Waals surface area contributed by atoms with E-state index in [1.54, 1.807) is 12.1 Å². The third-order valence-corrected chi connectivity index (χ3v) is 4.29. The summed E-state index contributed by atoms with van der Waals surface area (Å²) < 4.78 is 5.04. The number of benzene rings is 2. The number of aromatic nitrogens is 2. The van der Waals surface area contributed by atoms with Crippen LogP contribution < -0.4 is 20.7 Å². The molecule has 2 heterocycles. The van der Waals surface area contributed by atoms with Crippen molar-refractivity contribution in [2.24, 2.45) is 5.73 Å². The van der Waals surface area contributed by atoms with Crippen LogP contribution in [0.2, 0.25) is 0 Å². The molecule has 25 heavy (non-hydrogen) atoms. The Kier molecular flexibility index (Phi) is 3.99. The lowest BCUT2D eigenvalue weighted by molar-refractivity contribution is 0.211. The molecule has 2 aromatic carbocycles. The van der Waals surface area contributed by atoms with Crippen LogP contribution in [0.1, 0.15) is 0 Å². The van der Waals surface area contributed by atoms with Crippen molar-refractivity contribution < 1.29 is 9.53 Å². The SMILES string of the molecule is NC(=O)Oc1cccc2[nH]c(-c3cccc(N4CCNCC4)c3)nc12. The first-order valence-electron chi connectivity index (χ1n) is 8.23. The number of fused-ring (bicyclic) bond motifs is 1. The average molecular weight is 337 g/mol. The highest BCUT2D eigenvalue weighted by atomic mass is 16.5. The number of ether oxygens (including phenoxy) is 1. The van der Waals surface area contributed by atoms with Crippen molar-refractivity contribution >= 4 is 22.8 Å². The highest BCUT2D eigenvalue weighted by Gasteiger charge is 2.14. The molecule has 1 fully saturated rings. The van der Waals surface area contributed by atoms with Gasteiger partial charge < -0.3 is 25.7 Å². The topological polar surface area (TPSA) is 96.3 Å².